The van der Waals surface area contributed by atoms with E-state index in [1.165, 1.54) is 5.56 Å². The Labute approximate surface area is 174 Å². The van der Waals surface area contributed by atoms with Gasteiger partial charge in [-0.15, -0.1) is 0 Å². The number of anilines is 1. The van der Waals surface area contributed by atoms with Crippen molar-refractivity contribution in [2.45, 2.75) is 24.9 Å². The highest BCUT2D eigenvalue weighted by Gasteiger charge is 2.46. The fraction of sp³-hybridized carbons (Fsp3) is 0.261. The molecule has 1 fully saturated rings. The first kappa shape index (κ1) is 18.4. The average Bonchev–Trinajstić information content (AvgIpc) is 3.26. The van der Waals surface area contributed by atoms with E-state index >= 15 is 0 Å². The Bertz CT molecular complexity index is 1160. The zero-order valence-electron chi connectivity index (χ0n) is 16.5. The van der Waals surface area contributed by atoms with Crippen molar-refractivity contribution in [2.24, 2.45) is 0 Å². The van der Waals surface area contributed by atoms with Crippen LogP contribution < -0.4 is 10.6 Å². The summed E-state index contributed by atoms with van der Waals surface area (Å²) in [6.07, 6.45) is 6.01. The van der Waals surface area contributed by atoms with E-state index in [0.29, 0.717) is 18.1 Å². The van der Waals surface area contributed by atoms with Crippen molar-refractivity contribution in [1.29, 1.82) is 5.26 Å². The highest BCUT2D eigenvalue weighted by Crippen LogP contribution is 2.49. The van der Waals surface area contributed by atoms with Gasteiger partial charge in [-0.3, -0.25) is 0 Å². The Balaban J connectivity index is 1.18. The van der Waals surface area contributed by atoms with Crippen molar-refractivity contribution in [3.63, 3.8) is 0 Å². The fourth-order valence-corrected chi connectivity index (χ4v) is 3.90. The summed E-state index contributed by atoms with van der Waals surface area (Å²) in [5.74, 6) is 0. The summed E-state index contributed by atoms with van der Waals surface area (Å²) in [6.45, 7) is 2.21. The molecule has 0 unspecified atom stereocenters. The molecule has 0 radical (unpaired) electrons. The molecule has 30 heavy (non-hydrogen) atoms. The molecule has 1 aliphatic carbocycles. The summed E-state index contributed by atoms with van der Waals surface area (Å²) < 4.78 is 7.95. The molecule has 5 rings (SSSR count). The lowest BCUT2D eigenvalue weighted by atomic mass is 10.0. The highest BCUT2D eigenvalue weighted by molar-refractivity contribution is 5.74. The predicted octanol–water partition coefficient (Wildman–Crippen LogP) is 3.64. The minimum Gasteiger partial charge on any atom is -0.424 e. The van der Waals surface area contributed by atoms with E-state index in [4.69, 9.17) is 9.68 Å². The molecule has 0 amide bonds. The number of rotatable bonds is 8. The molecule has 150 valence electrons. The predicted molar refractivity (Wildman–Crippen MR) is 114 cm³/mol. The number of nitrogens with zero attached hydrogens (tertiary/aromatic N) is 4. The Hall–Kier alpha value is -3.63. The first-order chi connectivity index (χ1) is 14.8. The molecule has 1 saturated carbocycles. The maximum atomic E-state index is 9.04. The number of para-hydroxylation sites is 2. The first-order valence-electron chi connectivity index (χ1n) is 10.1. The van der Waals surface area contributed by atoms with Crippen LogP contribution in [0.4, 0.5) is 6.01 Å². The number of oxazole rings is 1. The maximum Gasteiger partial charge on any atom is 0.295 e. The van der Waals surface area contributed by atoms with Gasteiger partial charge in [0.1, 0.15) is 5.52 Å². The standard InChI is InChI=1S/C23H22N6O/c24-13-17-5-7-18(8-6-17)23(9-10-23)29-16-26-15-19(29)14-25-11-12-27-22-28-20-3-1-2-4-21(20)30-22/h1-8,15-16,25H,9-12,14H2,(H,27,28). The normalized spacial score (nSPS) is 14.5. The van der Waals surface area contributed by atoms with E-state index in [2.05, 4.69) is 43.4 Å². The van der Waals surface area contributed by atoms with Gasteiger partial charge in [0, 0.05) is 25.8 Å². The van der Waals surface area contributed by atoms with Gasteiger partial charge in [0.25, 0.3) is 6.01 Å². The van der Waals surface area contributed by atoms with Crippen LogP contribution in [0.5, 0.6) is 0 Å². The third-order valence-electron chi connectivity index (χ3n) is 5.63. The zero-order chi connectivity index (χ0) is 20.4. The summed E-state index contributed by atoms with van der Waals surface area (Å²) in [5, 5.41) is 15.7. The Morgan fingerprint density at radius 3 is 2.70 bits per heavy atom. The molecule has 4 aromatic rings. The number of benzene rings is 2. The minimum atomic E-state index is -0.0298. The molecular weight excluding hydrogens is 376 g/mol. The van der Waals surface area contributed by atoms with Gasteiger partial charge in [-0.05, 0) is 42.7 Å². The third-order valence-corrected chi connectivity index (χ3v) is 5.63. The second-order valence-corrected chi connectivity index (χ2v) is 7.57. The van der Waals surface area contributed by atoms with Gasteiger partial charge in [-0.25, -0.2) is 4.98 Å². The molecule has 0 atom stereocenters. The molecular formula is C23H22N6O. The van der Waals surface area contributed by atoms with E-state index in [0.717, 1.165) is 42.7 Å². The second kappa shape index (κ2) is 7.65. The smallest absolute Gasteiger partial charge is 0.295 e. The number of hydrogen-bond donors (Lipinski definition) is 2. The summed E-state index contributed by atoms with van der Waals surface area (Å²) in [5.41, 5.74) is 4.69. The number of nitriles is 1. The SMILES string of the molecule is N#Cc1ccc(C2(n3cncc3CNCCNc3nc4ccccc4o3)CC2)cc1. The molecule has 0 aliphatic heterocycles. The van der Waals surface area contributed by atoms with E-state index in [1.54, 1.807) is 0 Å². The van der Waals surface area contributed by atoms with Gasteiger partial charge in [0.2, 0.25) is 0 Å². The highest BCUT2D eigenvalue weighted by atomic mass is 16.4. The van der Waals surface area contributed by atoms with Crippen LogP contribution in [-0.4, -0.2) is 27.6 Å². The average molecular weight is 398 g/mol. The number of aromatic nitrogens is 3. The summed E-state index contributed by atoms with van der Waals surface area (Å²) in [6, 6.07) is 18.4. The number of imidazole rings is 1. The van der Waals surface area contributed by atoms with Gasteiger partial charge < -0.3 is 19.6 Å². The zero-order valence-corrected chi connectivity index (χ0v) is 16.5. The van der Waals surface area contributed by atoms with E-state index in [-0.39, 0.29) is 5.54 Å². The van der Waals surface area contributed by atoms with E-state index in [1.807, 2.05) is 48.9 Å². The van der Waals surface area contributed by atoms with Crippen molar-refractivity contribution in [3.05, 3.63) is 77.9 Å². The van der Waals surface area contributed by atoms with Crippen molar-refractivity contribution in [1.82, 2.24) is 19.9 Å². The molecule has 2 heterocycles. The van der Waals surface area contributed by atoms with E-state index < -0.39 is 0 Å². The van der Waals surface area contributed by atoms with Crippen LogP contribution in [0.25, 0.3) is 11.1 Å². The molecule has 2 aromatic heterocycles. The first-order valence-corrected chi connectivity index (χ1v) is 10.1. The number of nitrogens with one attached hydrogen (secondary N) is 2. The van der Waals surface area contributed by atoms with Crippen LogP contribution in [0, 0.1) is 11.3 Å². The molecule has 0 saturated heterocycles. The van der Waals surface area contributed by atoms with Crippen LogP contribution in [-0.2, 0) is 12.1 Å². The fourth-order valence-electron chi connectivity index (χ4n) is 3.90. The topological polar surface area (TPSA) is 91.7 Å². The minimum absolute atomic E-state index is 0.0298. The quantitative estimate of drug-likeness (QED) is 0.440. The van der Waals surface area contributed by atoms with Gasteiger partial charge >= 0.3 is 0 Å². The lowest BCUT2D eigenvalue weighted by Crippen LogP contribution is -2.26. The second-order valence-electron chi connectivity index (χ2n) is 7.57. The molecule has 0 spiro atoms. The summed E-state index contributed by atoms with van der Waals surface area (Å²) in [4.78, 5) is 8.81. The molecule has 1 aliphatic rings. The molecule has 7 heteroatoms. The summed E-state index contributed by atoms with van der Waals surface area (Å²) >= 11 is 0. The Kier molecular flexibility index (Phi) is 4.69. The van der Waals surface area contributed by atoms with Crippen LogP contribution in [0.1, 0.15) is 29.7 Å². The van der Waals surface area contributed by atoms with Gasteiger partial charge in [-0.1, -0.05) is 24.3 Å². The van der Waals surface area contributed by atoms with Crippen molar-refractivity contribution in [3.8, 4) is 6.07 Å². The maximum absolute atomic E-state index is 9.04. The van der Waals surface area contributed by atoms with Crippen molar-refractivity contribution < 1.29 is 4.42 Å². The van der Waals surface area contributed by atoms with Crippen molar-refractivity contribution in [2.75, 3.05) is 18.4 Å². The Morgan fingerprint density at radius 2 is 1.93 bits per heavy atom. The van der Waals surface area contributed by atoms with Gasteiger partial charge in [0.05, 0.1) is 29.2 Å². The molecule has 2 N–H and O–H groups in total. The Morgan fingerprint density at radius 1 is 1.10 bits per heavy atom. The molecule has 2 aromatic carbocycles. The number of fused-ring (bicyclic) bond motifs is 1. The molecule has 0 bridgehead atoms. The van der Waals surface area contributed by atoms with Gasteiger partial charge in [0.15, 0.2) is 5.58 Å². The van der Waals surface area contributed by atoms with Crippen LogP contribution in [0.15, 0.2) is 65.5 Å². The third kappa shape index (κ3) is 3.42. The van der Waals surface area contributed by atoms with Gasteiger partial charge in [-0.2, -0.15) is 10.2 Å². The molecule has 7 nitrogen and oxygen atoms in total. The van der Waals surface area contributed by atoms with Crippen LogP contribution in [0.2, 0.25) is 0 Å². The van der Waals surface area contributed by atoms with Crippen molar-refractivity contribution >= 4 is 17.1 Å². The number of hydrogen-bond acceptors (Lipinski definition) is 6. The largest absolute Gasteiger partial charge is 0.424 e. The monoisotopic (exact) mass is 398 g/mol. The summed E-state index contributed by atoms with van der Waals surface area (Å²) in [7, 11) is 0. The van der Waals surface area contributed by atoms with Crippen LogP contribution in [0.3, 0.4) is 0 Å². The van der Waals surface area contributed by atoms with E-state index in [9.17, 15) is 0 Å². The van der Waals surface area contributed by atoms with Crippen LogP contribution >= 0.6 is 0 Å². The lowest BCUT2D eigenvalue weighted by molar-refractivity contribution is 0.531. The lowest BCUT2D eigenvalue weighted by Gasteiger charge is -2.21.